The number of benzene rings is 2. The Morgan fingerprint density at radius 1 is 0.824 bits per heavy atom. The van der Waals surface area contributed by atoms with E-state index in [0.717, 1.165) is 11.6 Å². The number of hydrogen-bond acceptors (Lipinski definition) is 1. The van der Waals surface area contributed by atoms with Crippen molar-refractivity contribution < 1.29 is 13.2 Å². The second kappa shape index (κ2) is 4.59. The van der Waals surface area contributed by atoms with Gasteiger partial charge in [-0.05, 0) is 17.2 Å². The molecule has 0 radical (unpaired) electrons. The van der Waals surface area contributed by atoms with Gasteiger partial charge in [0.25, 0.3) is 0 Å². The maximum Gasteiger partial charge on any atom is 0.161 e. The molecule has 2 rings (SSSR count). The second-order valence-electron chi connectivity index (χ2n) is 3.65. The van der Waals surface area contributed by atoms with Crippen molar-refractivity contribution in [2.45, 2.75) is 6.54 Å². The summed E-state index contributed by atoms with van der Waals surface area (Å²) in [6, 6.07) is 8.08. The summed E-state index contributed by atoms with van der Waals surface area (Å²) in [7, 11) is 0. The average Bonchev–Trinajstić information content (AvgIpc) is 2.34. The van der Waals surface area contributed by atoms with E-state index in [1.807, 2.05) is 0 Å². The first kappa shape index (κ1) is 11.7. The van der Waals surface area contributed by atoms with Gasteiger partial charge in [-0.3, -0.25) is 0 Å². The molecule has 0 amide bonds. The van der Waals surface area contributed by atoms with Gasteiger partial charge in [-0.2, -0.15) is 0 Å². The lowest BCUT2D eigenvalue weighted by atomic mass is 10.0. The number of halogens is 3. The zero-order chi connectivity index (χ0) is 12.4. The summed E-state index contributed by atoms with van der Waals surface area (Å²) in [4.78, 5) is 0. The highest BCUT2D eigenvalue weighted by molar-refractivity contribution is 5.64. The summed E-state index contributed by atoms with van der Waals surface area (Å²) in [6.45, 7) is 0.376. The van der Waals surface area contributed by atoms with Gasteiger partial charge in [0.2, 0.25) is 0 Å². The Labute approximate surface area is 96.7 Å². The predicted octanol–water partition coefficient (Wildman–Crippen LogP) is 3.23. The van der Waals surface area contributed by atoms with E-state index in [1.54, 1.807) is 24.3 Å². The van der Waals surface area contributed by atoms with E-state index < -0.39 is 17.5 Å². The molecule has 0 spiro atoms. The minimum absolute atomic E-state index is 0.0347. The smallest absolute Gasteiger partial charge is 0.161 e. The largest absolute Gasteiger partial charge is 0.326 e. The standard InChI is InChI=1S/C13H10F3N/c14-11-6-13(16)12(15)5-10(11)9-3-1-8(7-17)2-4-9/h1-6H,7,17H2. The molecule has 17 heavy (non-hydrogen) atoms. The van der Waals surface area contributed by atoms with Crippen molar-refractivity contribution in [2.24, 2.45) is 5.73 Å². The van der Waals surface area contributed by atoms with Crippen LogP contribution < -0.4 is 5.73 Å². The molecule has 0 bridgehead atoms. The SMILES string of the molecule is NCc1ccc(-c2cc(F)c(F)cc2F)cc1. The molecule has 88 valence electrons. The van der Waals surface area contributed by atoms with E-state index in [-0.39, 0.29) is 5.56 Å². The highest BCUT2D eigenvalue weighted by atomic mass is 19.2. The fourth-order valence-corrected chi connectivity index (χ4v) is 1.56. The van der Waals surface area contributed by atoms with Gasteiger partial charge in [-0.1, -0.05) is 24.3 Å². The molecule has 0 heterocycles. The molecule has 1 nitrogen and oxygen atoms in total. The Hall–Kier alpha value is -1.81. The summed E-state index contributed by atoms with van der Waals surface area (Å²) in [5, 5.41) is 0. The van der Waals surface area contributed by atoms with Crippen LogP contribution in [0.2, 0.25) is 0 Å². The fraction of sp³-hybridized carbons (Fsp3) is 0.0769. The molecular weight excluding hydrogens is 227 g/mol. The van der Waals surface area contributed by atoms with E-state index in [4.69, 9.17) is 5.73 Å². The lowest BCUT2D eigenvalue weighted by Crippen LogP contribution is -1.96. The maximum atomic E-state index is 13.5. The monoisotopic (exact) mass is 237 g/mol. The van der Waals surface area contributed by atoms with Gasteiger partial charge in [0, 0.05) is 18.2 Å². The summed E-state index contributed by atoms with van der Waals surface area (Å²) in [5.74, 6) is -3.04. The van der Waals surface area contributed by atoms with Gasteiger partial charge in [0.15, 0.2) is 11.6 Å². The molecule has 0 aromatic heterocycles. The van der Waals surface area contributed by atoms with Crippen molar-refractivity contribution in [3.8, 4) is 11.1 Å². The van der Waals surface area contributed by atoms with Gasteiger partial charge in [-0.25, -0.2) is 13.2 Å². The molecule has 2 aromatic rings. The van der Waals surface area contributed by atoms with Crippen molar-refractivity contribution in [1.82, 2.24) is 0 Å². The van der Waals surface area contributed by atoms with Crippen LogP contribution in [0, 0.1) is 17.5 Å². The molecule has 0 aliphatic heterocycles. The minimum Gasteiger partial charge on any atom is -0.326 e. The molecule has 4 heteroatoms. The summed E-state index contributed by atoms with van der Waals surface area (Å²) < 4.78 is 39.3. The molecule has 0 saturated heterocycles. The van der Waals surface area contributed by atoms with Crippen molar-refractivity contribution in [1.29, 1.82) is 0 Å². The highest BCUT2D eigenvalue weighted by Crippen LogP contribution is 2.25. The molecule has 0 fully saturated rings. The molecular formula is C13H10F3N. The van der Waals surface area contributed by atoms with E-state index in [1.165, 1.54) is 0 Å². The Morgan fingerprint density at radius 3 is 2.00 bits per heavy atom. The Morgan fingerprint density at radius 2 is 1.41 bits per heavy atom. The van der Waals surface area contributed by atoms with Gasteiger partial charge in [0.05, 0.1) is 0 Å². The van der Waals surface area contributed by atoms with Crippen LogP contribution >= 0.6 is 0 Å². The maximum absolute atomic E-state index is 13.5. The van der Waals surface area contributed by atoms with E-state index in [2.05, 4.69) is 0 Å². The molecule has 0 atom stereocenters. The lowest BCUT2D eigenvalue weighted by Gasteiger charge is -2.05. The van der Waals surface area contributed by atoms with Crippen molar-refractivity contribution >= 4 is 0 Å². The molecule has 0 saturated carbocycles. The van der Waals surface area contributed by atoms with Gasteiger partial charge in [0.1, 0.15) is 5.82 Å². The van der Waals surface area contributed by atoms with Crippen molar-refractivity contribution in [2.75, 3.05) is 0 Å². The average molecular weight is 237 g/mol. The number of nitrogens with two attached hydrogens (primary N) is 1. The van der Waals surface area contributed by atoms with Crippen LogP contribution in [0.4, 0.5) is 13.2 Å². The van der Waals surface area contributed by atoms with Crippen LogP contribution in [0.1, 0.15) is 5.56 Å². The molecule has 0 unspecified atom stereocenters. The first-order valence-corrected chi connectivity index (χ1v) is 5.05. The first-order chi connectivity index (χ1) is 8.11. The van der Waals surface area contributed by atoms with Gasteiger partial charge < -0.3 is 5.73 Å². The highest BCUT2D eigenvalue weighted by Gasteiger charge is 2.11. The molecule has 2 N–H and O–H groups in total. The predicted molar refractivity (Wildman–Crippen MR) is 59.6 cm³/mol. The molecule has 0 aliphatic rings. The Balaban J connectivity index is 2.48. The fourth-order valence-electron chi connectivity index (χ4n) is 1.56. The number of hydrogen-bond donors (Lipinski definition) is 1. The van der Waals surface area contributed by atoms with Gasteiger partial charge in [-0.15, -0.1) is 0 Å². The van der Waals surface area contributed by atoms with E-state index in [9.17, 15) is 13.2 Å². The topological polar surface area (TPSA) is 26.0 Å². The third kappa shape index (κ3) is 2.31. The minimum atomic E-state index is -1.19. The third-order valence-corrected chi connectivity index (χ3v) is 2.51. The van der Waals surface area contributed by atoms with E-state index in [0.29, 0.717) is 18.2 Å². The lowest BCUT2D eigenvalue weighted by molar-refractivity contribution is 0.496. The van der Waals surface area contributed by atoms with Crippen molar-refractivity contribution in [3.63, 3.8) is 0 Å². The Bertz CT molecular complexity index is 535. The van der Waals surface area contributed by atoms with E-state index >= 15 is 0 Å². The van der Waals surface area contributed by atoms with Crippen LogP contribution in [0.25, 0.3) is 11.1 Å². The quantitative estimate of drug-likeness (QED) is 0.797. The van der Waals surface area contributed by atoms with Crippen LogP contribution in [-0.4, -0.2) is 0 Å². The number of rotatable bonds is 2. The Kier molecular flexibility index (Phi) is 3.15. The van der Waals surface area contributed by atoms with Crippen LogP contribution in [-0.2, 0) is 6.54 Å². The van der Waals surface area contributed by atoms with Crippen LogP contribution in [0.3, 0.4) is 0 Å². The normalized spacial score (nSPS) is 10.6. The van der Waals surface area contributed by atoms with Crippen LogP contribution in [0.15, 0.2) is 36.4 Å². The summed E-state index contributed by atoms with van der Waals surface area (Å²) in [5.41, 5.74) is 6.83. The zero-order valence-corrected chi connectivity index (χ0v) is 8.88. The summed E-state index contributed by atoms with van der Waals surface area (Å²) in [6.07, 6.45) is 0. The van der Waals surface area contributed by atoms with Gasteiger partial charge >= 0.3 is 0 Å². The molecule has 0 aliphatic carbocycles. The third-order valence-electron chi connectivity index (χ3n) is 2.51. The second-order valence-corrected chi connectivity index (χ2v) is 3.65. The van der Waals surface area contributed by atoms with Crippen LogP contribution in [0.5, 0.6) is 0 Å². The summed E-state index contributed by atoms with van der Waals surface area (Å²) >= 11 is 0. The first-order valence-electron chi connectivity index (χ1n) is 5.05. The molecule has 2 aromatic carbocycles. The zero-order valence-electron chi connectivity index (χ0n) is 8.88. The van der Waals surface area contributed by atoms with Crippen molar-refractivity contribution in [3.05, 3.63) is 59.4 Å².